The van der Waals surface area contributed by atoms with Crippen molar-refractivity contribution in [1.82, 2.24) is 14.7 Å². The molecular formula is C14H21N3O4. The second-order valence-electron chi connectivity index (χ2n) is 4.58. The number of rotatable bonds is 7. The van der Waals surface area contributed by atoms with E-state index in [0.717, 1.165) is 6.42 Å². The maximum Gasteiger partial charge on any atom is 0.325 e. The zero-order chi connectivity index (χ0) is 15.8. The molecule has 0 aliphatic heterocycles. The highest BCUT2D eigenvalue weighted by Gasteiger charge is 2.20. The third-order valence-electron chi connectivity index (χ3n) is 2.85. The molecule has 1 aromatic rings. The molecule has 1 rings (SSSR count). The highest BCUT2D eigenvalue weighted by molar-refractivity contribution is 5.94. The van der Waals surface area contributed by atoms with Crippen molar-refractivity contribution in [3.8, 4) is 0 Å². The molecule has 0 unspecified atom stereocenters. The summed E-state index contributed by atoms with van der Waals surface area (Å²) in [6.07, 6.45) is 1.45. The number of esters is 1. The number of carbonyl (C=O) groups excluding carboxylic acids is 2. The Labute approximate surface area is 123 Å². The molecule has 0 aromatic carbocycles. The molecule has 0 atom stereocenters. The van der Waals surface area contributed by atoms with E-state index in [2.05, 4.69) is 9.84 Å². The SMILES string of the molecule is CCCN(CC(=O)OC)C(=O)c1ccc(=O)n(CCC)n1. The van der Waals surface area contributed by atoms with Crippen molar-refractivity contribution in [2.45, 2.75) is 33.2 Å². The molecule has 116 valence electrons. The number of hydrogen-bond donors (Lipinski definition) is 0. The lowest BCUT2D eigenvalue weighted by Gasteiger charge is -2.20. The van der Waals surface area contributed by atoms with Crippen LogP contribution in [-0.4, -0.2) is 46.8 Å². The number of aromatic nitrogens is 2. The molecular weight excluding hydrogens is 274 g/mol. The quantitative estimate of drug-likeness (QED) is 0.691. The third-order valence-corrected chi connectivity index (χ3v) is 2.85. The van der Waals surface area contributed by atoms with Crippen molar-refractivity contribution >= 4 is 11.9 Å². The predicted octanol–water partition coefficient (Wildman–Crippen LogP) is 0.678. The van der Waals surface area contributed by atoms with E-state index in [9.17, 15) is 14.4 Å². The van der Waals surface area contributed by atoms with Crippen LogP contribution >= 0.6 is 0 Å². The van der Waals surface area contributed by atoms with Gasteiger partial charge in [0.15, 0.2) is 0 Å². The van der Waals surface area contributed by atoms with Crippen LogP contribution in [0.4, 0.5) is 0 Å². The fourth-order valence-corrected chi connectivity index (χ4v) is 1.84. The number of hydrogen-bond acceptors (Lipinski definition) is 5. The first-order valence-electron chi connectivity index (χ1n) is 6.97. The number of amides is 1. The van der Waals surface area contributed by atoms with Gasteiger partial charge in [0, 0.05) is 19.2 Å². The molecule has 21 heavy (non-hydrogen) atoms. The molecule has 7 heteroatoms. The number of carbonyl (C=O) groups is 2. The summed E-state index contributed by atoms with van der Waals surface area (Å²) in [6.45, 7) is 4.57. The molecule has 0 N–H and O–H groups in total. The maximum absolute atomic E-state index is 12.4. The Bertz CT molecular complexity index is 553. The van der Waals surface area contributed by atoms with E-state index in [1.807, 2.05) is 13.8 Å². The van der Waals surface area contributed by atoms with Gasteiger partial charge in [-0.3, -0.25) is 14.4 Å². The van der Waals surface area contributed by atoms with Gasteiger partial charge < -0.3 is 9.64 Å². The zero-order valence-corrected chi connectivity index (χ0v) is 12.7. The first-order valence-corrected chi connectivity index (χ1v) is 6.97. The highest BCUT2D eigenvalue weighted by Crippen LogP contribution is 2.02. The van der Waals surface area contributed by atoms with Gasteiger partial charge in [-0.25, -0.2) is 4.68 Å². The Balaban J connectivity index is 3.00. The molecule has 0 aliphatic carbocycles. The third kappa shape index (κ3) is 4.70. The summed E-state index contributed by atoms with van der Waals surface area (Å²) >= 11 is 0. The predicted molar refractivity (Wildman–Crippen MR) is 77.0 cm³/mol. The van der Waals surface area contributed by atoms with Gasteiger partial charge in [-0.2, -0.15) is 5.10 Å². The standard InChI is InChI=1S/C14H21N3O4/c1-4-8-16(10-13(19)21-3)14(20)11-6-7-12(18)17(15-11)9-5-2/h6-7H,4-5,8-10H2,1-3H3. The second kappa shape index (κ2) is 8.18. The van der Waals surface area contributed by atoms with Crippen molar-refractivity contribution in [3.05, 3.63) is 28.2 Å². The van der Waals surface area contributed by atoms with Gasteiger partial charge in [-0.05, 0) is 18.9 Å². The second-order valence-corrected chi connectivity index (χ2v) is 4.58. The molecule has 0 aliphatic rings. The first kappa shape index (κ1) is 16.9. The molecule has 1 amide bonds. The molecule has 0 bridgehead atoms. The van der Waals surface area contributed by atoms with Crippen molar-refractivity contribution in [2.75, 3.05) is 20.2 Å². The van der Waals surface area contributed by atoms with Crippen LogP contribution in [0.1, 0.15) is 37.2 Å². The topological polar surface area (TPSA) is 81.5 Å². The molecule has 0 radical (unpaired) electrons. The van der Waals surface area contributed by atoms with E-state index in [4.69, 9.17) is 0 Å². The van der Waals surface area contributed by atoms with Crippen LogP contribution in [0.15, 0.2) is 16.9 Å². The van der Waals surface area contributed by atoms with E-state index in [0.29, 0.717) is 19.5 Å². The summed E-state index contributed by atoms with van der Waals surface area (Å²) in [6, 6.07) is 2.70. The summed E-state index contributed by atoms with van der Waals surface area (Å²) < 4.78 is 5.85. The number of ether oxygens (including phenoxy) is 1. The van der Waals surface area contributed by atoms with E-state index >= 15 is 0 Å². The molecule has 0 spiro atoms. The lowest BCUT2D eigenvalue weighted by molar-refractivity contribution is -0.141. The first-order chi connectivity index (χ1) is 10.0. The van der Waals surface area contributed by atoms with E-state index in [1.165, 1.54) is 28.8 Å². The average molecular weight is 295 g/mol. The lowest BCUT2D eigenvalue weighted by Crippen LogP contribution is -2.38. The lowest BCUT2D eigenvalue weighted by atomic mass is 10.3. The van der Waals surface area contributed by atoms with Crippen LogP contribution in [0.2, 0.25) is 0 Å². The van der Waals surface area contributed by atoms with E-state index < -0.39 is 5.97 Å². The molecule has 7 nitrogen and oxygen atoms in total. The van der Waals surface area contributed by atoms with Crippen molar-refractivity contribution in [1.29, 1.82) is 0 Å². The van der Waals surface area contributed by atoms with Gasteiger partial charge in [0.25, 0.3) is 11.5 Å². The summed E-state index contributed by atoms with van der Waals surface area (Å²) in [7, 11) is 1.27. The molecule has 1 aromatic heterocycles. The Morgan fingerprint density at radius 3 is 2.57 bits per heavy atom. The molecule has 0 saturated carbocycles. The monoisotopic (exact) mass is 295 g/mol. The van der Waals surface area contributed by atoms with Gasteiger partial charge in [-0.1, -0.05) is 13.8 Å². The van der Waals surface area contributed by atoms with Crippen LogP contribution in [0.5, 0.6) is 0 Å². The van der Waals surface area contributed by atoms with E-state index in [1.54, 1.807) is 0 Å². The fraction of sp³-hybridized carbons (Fsp3) is 0.571. The minimum Gasteiger partial charge on any atom is -0.468 e. The summed E-state index contributed by atoms with van der Waals surface area (Å²) in [5.74, 6) is -0.870. The minimum absolute atomic E-state index is 0.127. The summed E-state index contributed by atoms with van der Waals surface area (Å²) in [4.78, 5) is 36.7. The van der Waals surface area contributed by atoms with Crippen LogP contribution in [0.3, 0.4) is 0 Å². The van der Waals surface area contributed by atoms with Crippen LogP contribution in [0, 0.1) is 0 Å². The summed E-state index contributed by atoms with van der Waals surface area (Å²) in [5.41, 5.74) is -0.0937. The molecule has 0 saturated heterocycles. The zero-order valence-electron chi connectivity index (χ0n) is 12.7. The Morgan fingerprint density at radius 2 is 2.00 bits per heavy atom. The summed E-state index contributed by atoms with van der Waals surface area (Å²) in [5, 5.41) is 4.06. The number of methoxy groups -OCH3 is 1. The largest absolute Gasteiger partial charge is 0.468 e. The van der Waals surface area contributed by atoms with Gasteiger partial charge >= 0.3 is 5.97 Å². The van der Waals surface area contributed by atoms with Crippen molar-refractivity contribution in [2.24, 2.45) is 0 Å². The van der Waals surface area contributed by atoms with Crippen molar-refractivity contribution in [3.63, 3.8) is 0 Å². The minimum atomic E-state index is -0.487. The van der Waals surface area contributed by atoms with Crippen LogP contribution in [0.25, 0.3) is 0 Å². The Kier molecular flexibility index (Phi) is 6.58. The van der Waals surface area contributed by atoms with Crippen LogP contribution in [-0.2, 0) is 16.1 Å². The Hall–Kier alpha value is -2.18. The average Bonchev–Trinajstić information content (AvgIpc) is 2.48. The number of nitrogens with zero attached hydrogens (tertiary/aromatic N) is 3. The highest BCUT2D eigenvalue weighted by atomic mass is 16.5. The smallest absolute Gasteiger partial charge is 0.325 e. The van der Waals surface area contributed by atoms with Gasteiger partial charge in [-0.15, -0.1) is 0 Å². The molecule has 1 heterocycles. The Morgan fingerprint density at radius 1 is 1.29 bits per heavy atom. The molecule has 0 fully saturated rings. The van der Waals surface area contributed by atoms with Gasteiger partial charge in [0.1, 0.15) is 12.2 Å². The van der Waals surface area contributed by atoms with Crippen molar-refractivity contribution < 1.29 is 14.3 Å². The van der Waals surface area contributed by atoms with Gasteiger partial charge in [0.2, 0.25) is 0 Å². The maximum atomic E-state index is 12.4. The van der Waals surface area contributed by atoms with Crippen LogP contribution < -0.4 is 5.56 Å². The van der Waals surface area contributed by atoms with E-state index in [-0.39, 0.29) is 23.7 Å². The normalized spacial score (nSPS) is 10.2. The fourth-order valence-electron chi connectivity index (χ4n) is 1.84. The van der Waals surface area contributed by atoms with Gasteiger partial charge in [0.05, 0.1) is 7.11 Å². The number of aryl methyl sites for hydroxylation is 1.